The Morgan fingerprint density at radius 1 is 0.923 bits per heavy atom. The Balaban J connectivity index is 1.88. The smallest absolute Gasteiger partial charge is 0.315 e. The van der Waals surface area contributed by atoms with E-state index in [0.29, 0.717) is 19.0 Å². The average Bonchev–Trinajstić information content (AvgIpc) is 2.63. The van der Waals surface area contributed by atoms with Gasteiger partial charge in [0.25, 0.3) is 5.69 Å². The Morgan fingerprint density at radius 2 is 1.46 bits per heavy atom. The number of nitro benzene ring substituents is 1. The van der Waals surface area contributed by atoms with Gasteiger partial charge in [0, 0.05) is 44.0 Å². The molecule has 0 atom stereocenters. The third kappa shape index (κ3) is 7.31. The summed E-state index contributed by atoms with van der Waals surface area (Å²) in [7, 11) is 0. The molecule has 2 rings (SSSR count). The second-order valence-corrected chi connectivity index (χ2v) is 5.94. The third-order valence-electron chi connectivity index (χ3n) is 3.89. The zero-order valence-corrected chi connectivity index (χ0v) is 14.8. The van der Waals surface area contributed by atoms with Gasteiger partial charge in [-0.25, -0.2) is 4.79 Å². The molecule has 0 spiro atoms. The minimum absolute atomic E-state index is 0.00960. The van der Waals surface area contributed by atoms with Gasteiger partial charge in [-0.2, -0.15) is 0 Å². The van der Waals surface area contributed by atoms with E-state index in [1.807, 2.05) is 0 Å². The predicted molar refractivity (Wildman–Crippen MR) is 100 cm³/mol. The van der Waals surface area contributed by atoms with Crippen molar-refractivity contribution in [3.8, 4) is 0 Å². The van der Waals surface area contributed by atoms with E-state index in [1.54, 1.807) is 4.90 Å². The zero-order chi connectivity index (χ0) is 18.6. The molecule has 1 fully saturated rings. The van der Waals surface area contributed by atoms with Crippen molar-refractivity contribution in [2.24, 2.45) is 0 Å². The van der Waals surface area contributed by atoms with Gasteiger partial charge in [0.2, 0.25) is 0 Å². The Kier molecular flexibility index (Phi) is 8.76. The molecule has 0 aromatic heterocycles. The van der Waals surface area contributed by atoms with Crippen LogP contribution in [0.25, 0.3) is 0 Å². The van der Waals surface area contributed by atoms with Gasteiger partial charge < -0.3 is 16.0 Å². The van der Waals surface area contributed by atoms with E-state index in [2.05, 4.69) is 26.6 Å². The predicted octanol–water partition coefficient (Wildman–Crippen LogP) is 0.106. The van der Waals surface area contributed by atoms with Gasteiger partial charge in [-0.1, -0.05) is 0 Å². The number of rotatable bonds is 2. The molecule has 2 amide bonds. The fraction of sp³-hybridized carbons (Fsp3) is 0.562. The van der Waals surface area contributed by atoms with Crippen molar-refractivity contribution in [3.05, 3.63) is 34.4 Å². The third-order valence-corrected chi connectivity index (χ3v) is 3.89. The van der Waals surface area contributed by atoms with Gasteiger partial charge in [-0.3, -0.25) is 25.6 Å². The van der Waals surface area contributed by atoms with Crippen LogP contribution in [0.2, 0.25) is 0 Å². The summed E-state index contributed by atoms with van der Waals surface area (Å²) in [4.78, 5) is 24.3. The van der Waals surface area contributed by atoms with Crippen LogP contribution in [0.4, 0.5) is 16.2 Å². The number of non-ortho nitro benzene ring substituents is 1. The van der Waals surface area contributed by atoms with E-state index in [4.69, 9.17) is 0 Å². The van der Waals surface area contributed by atoms with Crippen molar-refractivity contribution in [2.75, 3.05) is 57.9 Å². The van der Waals surface area contributed by atoms with E-state index in [-0.39, 0.29) is 11.7 Å². The first-order chi connectivity index (χ1) is 12.7. The molecular formula is C16H27N7O3. The molecule has 10 heteroatoms. The first-order valence-corrected chi connectivity index (χ1v) is 8.80. The van der Waals surface area contributed by atoms with Crippen molar-refractivity contribution >= 4 is 17.4 Å². The molecule has 1 saturated heterocycles. The standard InChI is InChI=1S/C16H27N7O3/c24-16(21-14-2-4-15(5-3-14)23(25)26)22-12-19-10-8-17-6-1-7-18-9-11-20-13-22/h2-5,17-20H,1,6-13H2,(H,21,24). The Labute approximate surface area is 152 Å². The summed E-state index contributed by atoms with van der Waals surface area (Å²) in [6, 6.07) is 5.51. The first-order valence-electron chi connectivity index (χ1n) is 8.80. The number of amides is 2. The first kappa shape index (κ1) is 20.0. The quantitative estimate of drug-likeness (QED) is 0.372. The fourth-order valence-electron chi connectivity index (χ4n) is 2.44. The van der Waals surface area contributed by atoms with Crippen molar-refractivity contribution < 1.29 is 9.72 Å². The lowest BCUT2D eigenvalue weighted by atomic mass is 10.3. The van der Waals surface area contributed by atoms with E-state index in [9.17, 15) is 14.9 Å². The van der Waals surface area contributed by atoms with Crippen LogP contribution < -0.4 is 26.6 Å². The number of nitrogens with one attached hydrogen (secondary N) is 5. The number of nitro groups is 1. The molecule has 1 heterocycles. The van der Waals surface area contributed by atoms with Gasteiger partial charge in [0.1, 0.15) is 0 Å². The highest BCUT2D eigenvalue weighted by Gasteiger charge is 2.13. The lowest BCUT2D eigenvalue weighted by molar-refractivity contribution is -0.384. The van der Waals surface area contributed by atoms with E-state index in [1.165, 1.54) is 24.3 Å². The zero-order valence-electron chi connectivity index (χ0n) is 14.8. The Morgan fingerprint density at radius 3 is 2.00 bits per heavy atom. The Hall–Kier alpha value is -2.27. The molecule has 10 nitrogen and oxygen atoms in total. The summed E-state index contributed by atoms with van der Waals surface area (Å²) in [5.74, 6) is 0. The number of nitrogens with zero attached hydrogens (tertiary/aromatic N) is 2. The molecular weight excluding hydrogens is 338 g/mol. The number of carbonyl (C=O) groups excluding carboxylic acids is 1. The summed E-state index contributed by atoms with van der Waals surface area (Å²) >= 11 is 0. The minimum atomic E-state index is -0.470. The number of urea groups is 1. The number of hydrogen-bond acceptors (Lipinski definition) is 7. The van der Waals surface area contributed by atoms with Crippen LogP contribution in [0.5, 0.6) is 0 Å². The SMILES string of the molecule is O=C(Nc1ccc([N+](=O)[O-])cc1)N1CNCCNCCCNCCNC1. The monoisotopic (exact) mass is 365 g/mol. The van der Waals surface area contributed by atoms with Gasteiger partial charge in [-0.15, -0.1) is 0 Å². The second kappa shape index (κ2) is 11.4. The van der Waals surface area contributed by atoms with Crippen LogP contribution in [0, 0.1) is 10.1 Å². The summed E-state index contributed by atoms with van der Waals surface area (Å²) in [5, 5.41) is 26.6. The maximum atomic E-state index is 12.5. The maximum Gasteiger partial charge on any atom is 0.323 e. The molecule has 5 N–H and O–H groups in total. The van der Waals surface area contributed by atoms with Crippen LogP contribution >= 0.6 is 0 Å². The molecule has 1 aromatic rings. The number of anilines is 1. The van der Waals surface area contributed by atoms with Gasteiger partial charge in [0.15, 0.2) is 0 Å². The summed E-state index contributed by atoms with van der Waals surface area (Å²) in [6.07, 6.45) is 1.09. The molecule has 26 heavy (non-hydrogen) atoms. The summed E-state index contributed by atoms with van der Waals surface area (Å²) in [6.45, 7) is 5.93. The topological polar surface area (TPSA) is 124 Å². The van der Waals surface area contributed by atoms with Crippen LogP contribution in [0.3, 0.4) is 0 Å². The fourth-order valence-corrected chi connectivity index (χ4v) is 2.44. The summed E-state index contributed by atoms with van der Waals surface area (Å²) < 4.78 is 0. The van der Waals surface area contributed by atoms with Gasteiger partial charge in [0.05, 0.1) is 18.3 Å². The van der Waals surface area contributed by atoms with E-state index >= 15 is 0 Å². The van der Waals surface area contributed by atoms with Crippen LogP contribution in [-0.2, 0) is 0 Å². The maximum absolute atomic E-state index is 12.5. The van der Waals surface area contributed by atoms with Crippen LogP contribution in [-0.4, -0.2) is 68.5 Å². The second-order valence-electron chi connectivity index (χ2n) is 5.94. The lowest BCUT2D eigenvalue weighted by Crippen LogP contribution is -2.48. The lowest BCUT2D eigenvalue weighted by Gasteiger charge is -2.24. The Bertz CT molecular complexity index is 553. The highest BCUT2D eigenvalue weighted by Crippen LogP contribution is 2.15. The van der Waals surface area contributed by atoms with Gasteiger partial charge >= 0.3 is 6.03 Å². The highest BCUT2D eigenvalue weighted by atomic mass is 16.6. The van der Waals surface area contributed by atoms with Crippen molar-refractivity contribution in [1.29, 1.82) is 0 Å². The molecule has 1 aromatic carbocycles. The molecule has 0 radical (unpaired) electrons. The summed E-state index contributed by atoms with van der Waals surface area (Å²) in [5.41, 5.74) is 0.507. The molecule has 1 aliphatic heterocycles. The van der Waals surface area contributed by atoms with Crippen molar-refractivity contribution in [3.63, 3.8) is 0 Å². The largest absolute Gasteiger partial charge is 0.323 e. The number of benzene rings is 1. The molecule has 1 aliphatic rings. The number of carbonyl (C=O) groups is 1. The number of hydrogen-bond donors (Lipinski definition) is 5. The highest BCUT2D eigenvalue weighted by molar-refractivity contribution is 5.89. The normalized spacial score (nSPS) is 17.9. The molecule has 0 unspecified atom stereocenters. The molecule has 0 aliphatic carbocycles. The van der Waals surface area contributed by atoms with Crippen LogP contribution in [0.1, 0.15) is 6.42 Å². The minimum Gasteiger partial charge on any atom is -0.315 e. The molecule has 0 bridgehead atoms. The van der Waals surface area contributed by atoms with Crippen molar-refractivity contribution in [1.82, 2.24) is 26.2 Å². The molecule has 0 saturated carbocycles. The molecule has 144 valence electrons. The van der Waals surface area contributed by atoms with E-state index in [0.717, 1.165) is 45.7 Å². The van der Waals surface area contributed by atoms with E-state index < -0.39 is 4.92 Å². The van der Waals surface area contributed by atoms with Crippen LogP contribution in [0.15, 0.2) is 24.3 Å². The van der Waals surface area contributed by atoms with Crippen molar-refractivity contribution in [2.45, 2.75) is 6.42 Å². The van der Waals surface area contributed by atoms with Gasteiger partial charge in [-0.05, 0) is 31.6 Å². The average molecular weight is 365 g/mol.